The van der Waals surface area contributed by atoms with E-state index in [2.05, 4.69) is 5.32 Å². The molecule has 0 spiro atoms. The molecule has 1 N–H and O–H groups in total. The maximum absolute atomic E-state index is 12.4. The summed E-state index contributed by atoms with van der Waals surface area (Å²) in [5, 5.41) is 2.98. The third kappa shape index (κ3) is 5.53. The number of aryl methyl sites for hydroxylation is 1. The minimum atomic E-state index is -0.470. The molecule has 0 bridgehead atoms. The number of benzene rings is 2. The Morgan fingerprint density at radius 3 is 2.26 bits per heavy atom. The van der Waals surface area contributed by atoms with Gasteiger partial charge in [-0.2, -0.15) is 0 Å². The van der Waals surface area contributed by atoms with Crippen molar-refractivity contribution < 1.29 is 14.3 Å². The summed E-state index contributed by atoms with van der Waals surface area (Å²) in [4.78, 5) is 25.9. The lowest BCUT2D eigenvalue weighted by Gasteiger charge is -2.19. The molecule has 0 aliphatic carbocycles. The lowest BCUT2D eigenvalue weighted by Crippen LogP contribution is -2.33. The Labute approximate surface area is 162 Å². The van der Waals surface area contributed by atoms with Crippen LogP contribution in [0.5, 0.6) is 0 Å². The van der Waals surface area contributed by atoms with Crippen LogP contribution in [0.2, 0.25) is 0 Å². The number of amides is 1. The van der Waals surface area contributed by atoms with Crippen LogP contribution < -0.4 is 5.32 Å². The first-order chi connectivity index (χ1) is 13.1. The number of hydrogen-bond donors (Lipinski definition) is 1. The second-order valence-corrected chi connectivity index (χ2v) is 7.49. The topological polar surface area (TPSA) is 55.4 Å². The summed E-state index contributed by atoms with van der Waals surface area (Å²) >= 11 is 1.35. The third-order valence-corrected chi connectivity index (χ3v) is 5.08. The van der Waals surface area contributed by atoms with Crippen LogP contribution in [0.25, 0.3) is 0 Å². The van der Waals surface area contributed by atoms with E-state index < -0.39 is 5.97 Å². The van der Waals surface area contributed by atoms with E-state index in [1.54, 1.807) is 6.07 Å². The van der Waals surface area contributed by atoms with Gasteiger partial charge in [-0.25, -0.2) is 4.79 Å². The third-order valence-electron chi connectivity index (χ3n) is 4.10. The summed E-state index contributed by atoms with van der Waals surface area (Å²) in [6.45, 7) is 1.62. The fourth-order valence-corrected chi connectivity index (χ4v) is 3.53. The molecule has 0 saturated carbocycles. The van der Waals surface area contributed by atoms with E-state index in [0.717, 1.165) is 16.0 Å². The van der Waals surface area contributed by atoms with E-state index in [1.807, 2.05) is 73.7 Å². The number of ether oxygens (including phenoxy) is 1. The van der Waals surface area contributed by atoms with Gasteiger partial charge in [-0.3, -0.25) is 4.79 Å². The average molecular weight is 379 g/mol. The molecule has 1 heterocycles. The Morgan fingerprint density at radius 2 is 1.63 bits per heavy atom. The van der Waals surface area contributed by atoms with Crippen LogP contribution in [0, 0.1) is 6.92 Å². The predicted octanol–water partition coefficient (Wildman–Crippen LogP) is 4.31. The van der Waals surface area contributed by atoms with Gasteiger partial charge in [0, 0.05) is 4.88 Å². The minimum absolute atomic E-state index is 0.191. The first kappa shape index (κ1) is 18.9. The van der Waals surface area contributed by atoms with Crippen LogP contribution in [0.15, 0.2) is 72.8 Å². The molecular weight excluding hydrogens is 358 g/mol. The summed E-state index contributed by atoms with van der Waals surface area (Å²) < 4.78 is 5.15. The molecule has 4 nitrogen and oxygen atoms in total. The molecule has 3 aromatic rings. The fourth-order valence-electron chi connectivity index (χ4n) is 2.77. The molecule has 0 radical (unpaired) electrons. The van der Waals surface area contributed by atoms with Gasteiger partial charge in [-0.1, -0.05) is 60.7 Å². The Hall–Kier alpha value is -2.92. The molecule has 138 valence electrons. The zero-order valence-corrected chi connectivity index (χ0v) is 15.9. The van der Waals surface area contributed by atoms with Gasteiger partial charge in [0.05, 0.1) is 6.04 Å². The van der Waals surface area contributed by atoms with Gasteiger partial charge in [-0.05, 0) is 36.6 Å². The van der Waals surface area contributed by atoms with Crippen LogP contribution in [-0.4, -0.2) is 18.5 Å². The van der Waals surface area contributed by atoms with E-state index in [9.17, 15) is 9.59 Å². The minimum Gasteiger partial charge on any atom is -0.451 e. The van der Waals surface area contributed by atoms with Crippen molar-refractivity contribution in [3.63, 3.8) is 0 Å². The number of hydrogen-bond acceptors (Lipinski definition) is 4. The van der Waals surface area contributed by atoms with Crippen molar-refractivity contribution in [2.45, 2.75) is 19.4 Å². The average Bonchev–Trinajstić information content (AvgIpc) is 3.13. The zero-order chi connectivity index (χ0) is 19.1. The highest BCUT2D eigenvalue weighted by atomic mass is 32.1. The van der Waals surface area contributed by atoms with Crippen molar-refractivity contribution in [1.82, 2.24) is 5.32 Å². The van der Waals surface area contributed by atoms with Crippen LogP contribution in [0.4, 0.5) is 0 Å². The monoisotopic (exact) mass is 379 g/mol. The van der Waals surface area contributed by atoms with Gasteiger partial charge in [0.2, 0.25) is 0 Å². The van der Waals surface area contributed by atoms with E-state index in [0.29, 0.717) is 11.3 Å². The van der Waals surface area contributed by atoms with Crippen molar-refractivity contribution in [2.24, 2.45) is 0 Å². The first-order valence-electron chi connectivity index (χ1n) is 8.73. The number of rotatable bonds is 7. The maximum atomic E-state index is 12.4. The molecule has 0 aliphatic heterocycles. The molecule has 27 heavy (non-hydrogen) atoms. The van der Waals surface area contributed by atoms with Gasteiger partial charge in [0.1, 0.15) is 4.88 Å². The summed E-state index contributed by atoms with van der Waals surface area (Å²) in [7, 11) is 0. The predicted molar refractivity (Wildman–Crippen MR) is 107 cm³/mol. The van der Waals surface area contributed by atoms with Crippen molar-refractivity contribution in [3.8, 4) is 0 Å². The van der Waals surface area contributed by atoms with Crippen molar-refractivity contribution >= 4 is 23.2 Å². The Kier molecular flexibility index (Phi) is 6.39. The Morgan fingerprint density at radius 1 is 0.963 bits per heavy atom. The molecule has 5 heteroatoms. The van der Waals surface area contributed by atoms with Crippen LogP contribution in [0.1, 0.15) is 31.7 Å². The lowest BCUT2D eigenvalue weighted by atomic mass is 9.99. The molecule has 1 amide bonds. The molecule has 0 unspecified atom stereocenters. The number of thiophene rings is 1. The normalized spacial score (nSPS) is 11.6. The Balaban J connectivity index is 1.62. The van der Waals surface area contributed by atoms with Crippen LogP contribution >= 0.6 is 11.3 Å². The van der Waals surface area contributed by atoms with Gasteiger partial charge >= 0.3 is 5.97 Å². The highest BCUT2D eigenvalue weighted by molar-refractivity contribution is 7.13. The molecule has 1 atom stereocenters. The van der Waals surface area contributed by atoms with Crippen molar-refractivity contribution in [2.75, 3.05) is 6.61 Å². The SMILES string of the molecule is Cc1ccc(C(=O)OCC(=O)N[C@@H](Cc2ccccc2)c2ccccc2)s1. The largest absolute Gasteiger partial charge is 0.451 e. The number of carbonyl (C=O) groups excluding carboxylic acids is 2. The molecule has 1 aromatic heterocycles. The molecule has 0 saturated heterocycles. The number of carbonyl (C=O) groups is 2. The quantitative estimate of drug-likeness (QED) is 0.622. The highest BCUT2D eigenvalue weighted by Crippen LogP contribution is 2.19. The van der Waals surface area contributed by atoms with Gasteiger partial charge in [0.25, 0.3) is 5.91 Å². The second kappa shape index (κ2) is 9.14. The number of esters is 1. The standard InChI is InChI=1S/C22H21NO3S/c1-16-12-13-20(27-16)22(25)26-15-21(24)23-19(18-10-6-3-7-11-18)14-17-8-4-2-5-9-17/h2-13,19H,14-15H2,1H3,(H,23,24)/t19-/m0/s1. The van der Waals surface area contributed by atoms with Gasteiger partial charge in [-0.15, -0.1) is 11.3 Å². The zero-order valence-electron chi connectivity index (χ0n) is 15.1. The molecule has 0 aliphatic rings. The lowest BCUT2D eigenvalue weighted by molar-refractivity contribution is -0.125. The van der Waals surface area contributed by atoms with Gasteiger partial charge < -0.3 is 10.1 Å². The smallest absolute Gasteiger partial charge is 0.348 e. The second-order valence-electron chi connectivity index (χ2n) is 6.21. The molecule has 3 rings (SSSR count). The summed E-state index contributed by atoms with van der Waals surface area (Å²) in [5.74, 6) is -0.788. The molecule has 2 aromatic carbocycles. The van der Waals surface area contributed by atoms with E-state index in [1.165, 1.54) is 11.3 Å². The van der Waals surface area contributed by atoms with Gasteiger partial charge in [0.15, 0.2) is 6.61 Å². The summed E-state index contributed by atoms with van der Waals surface area (Å²) in [6, 6.07) is 23.1. The first-order valence-corrected chi connectivity index (χ1v) is 9.55. The maximum Gasteiger partial charge on any atom is 0.348 e. The number of nitrogens with one attached hydrogen (secondary N) is 1. The van der Waals surface area contributed by atoms with Crippen LogP contribution in [-0.2, 0) is 16.0 Å². The van der Waals surface area contributed by atoms with E-state index >= 15 is 0 Å². The fraction of sp³-hybridized carbons (Fsp3) is 0.182. The van der Waals surface area contributed by atoms with Crippen molar-refractivity contribution in [3.05, 3.63) is 93.7 Å². The van der Waals surface area contributed by atoms with E-state index in [4.69, 9.17) is 4.74 Å². The summed E-state index contributed by atoms with van der Waals surface area (Å²) in [6.07, 6.45) is 0.661. The van der Waals surface area contributed by atoms with Crippen molar-refractivity contribution in [1.29, 1.82) is 0 Å². The van der Waals surface area contributed by atoms with E-state index in [-0.39, 0.29) is 18.6 Å². The summed E-state index contributed by atoms with van der Waals surface area (Å²) in [5.41, 5.74) is 2.13. The Bertz CT molecular complexity index is 890. The highest BCUT2D eigenvalue weighted by Gasteiger charge is 2.17. The molecule has 0 fully saturated rings. The van der Waals surface area contributed by atoms with Crippen LogP contribution in [0.3, 0.4) is 0 Å². The molecular formula is C22H21NO3S.